The Morgan fingerprint density at radius 1 is 1.33 bits per heavy atom. The second-order valence-electron chi connectivity index (χ2n) is 5.00. The first-order valence-corrected chi connectivity index (χ1v) is 6.16. The van der Waals surface area contributed by atoms with Gasteiger partial charge in [-0.3, -0.25) is 0 Å². The fraction of sp³-hybridized carbons (Fsp3) is 0.400. The molecule has 0 fully saturated rings. The molecule has 1 rings (SSSR count). The molecule has 3 heteroatoms. The van der Waals surface area contributed by atoms with E-state index >= 15 is 0 Å². The molecule has 0 N–H and O–H groups in total. The number of likely N-dealkylation sites (N-methyl/N-ethyl adjacent to an activating group) is 1. The molecule has 18 heavy (non-hydrogen) atoms. The standard InChI is InChI=1S/C15H22NO2/c1-5-13-7-9-14(10-8-13)11-16(3,4)12-15(17)18-6-2/h5,7-10H,1,6,11-12H2,2-4H3/q+1. The Morgan fingerprint density at radius 3 is 2.44 bits per heavy atom. The van der Waals surface area contributed by atoms with Gasteiger partial charge in [-0.25, -0.2) is 4.79 Å². The van der Waals surface area contributed by atoms with Gasteiger partial charge in [0, 0.05) is 5.56 Å². The highest BCUT2D eigenvalue weighted by atomic mass is 16.5. The first-order chi connectivity index (χ1) is 8.46. The molecule has 0 heterocycles. The van der Waals surface area contributed by atoms with E-state index in [4.69, 9.17) is 4.74 Å². The molecule has 0 atom stereocenters. The van der Waals surface area contributed by atoms with Gasteiger partial charge in [-0.15, -0.1) is 0 Å². The Hall–Kier alpha value is -1.61. The molecule has 3 nitrogen and oxygen atoms in total. The van der Waals surface area contributed by atoms with Crippen molar-refractivity contribution >= 4 is 12.0 Å². The molecule has 0 radical (unpaired) electrons. The number of carbonyl (C=O) groups excluding carboxylic acids is 1. The first-order valence-electron chi connectivity index (χ1n) is 6.16. The van der Waals surface area contributed by atoms with Crippen molar-refractivity contribution in [2.75, 3.05) is 27.2 Å². The topological polar surface area (TPSA) is 26.3 Å². The van der Waals surface area contributed by atoms with Crippen LogP contribution in [-0.4, -0.2) is 37.7 Å². The Labute approximate surface area is 109 Å². The third-order valence-electron chi connectivity index (χ3n) is 2.69. The zero-order valence-electron chi connectivity index (χ0n) is 11.5. The van der Waals surface area contributed by atoms with E-state index < -0.39 is 0 Å². The van der Waals surface area contributed by atoms with Crippen LogP contribution < -0.4 is 0 Å². The van der Waals surface area contributed by atoms with Crippen molar-refractivity contribution < 1.29 is 14.0 Å². The second-order valence-corrected chi connectivity index (χ2v) is 5.00. The van der Waals surface area contributed by atoms with E-state index in [1.54, 1.807) is 0 Å². The van der Waals surface area contributed by atoms with Crippen LogP contribution in [0.5, 0.6) is 0 Å². The van der Waals surface area contributed by atoms with Gasteiger partial charge in [0.1, 0.15) is 6.54 Å². The first kappa shape index (κ1) is 14.5. The third kappa shape index (κ3) is 4.72. The Bertz CT molecular complexity index is 407. The summed E-state index contributed by atoms with van der Waals surface area (Å²) in [5.41, 5.74) is 2.31. The summed E-state index contributed by atoms with van der Waals surface area (Å²) in [5.74, 6) is -0.148. The lowest BCUT2D eigenvalue weighted by Crippen LogP contribution is -2.43. The fourth-order valence-corrected chi connectivity index (χ4v) is 1.87. The number of hydrogen-bond donors (Lipinski definition) is 0. The van der Waals surface area contributed by atoms with E-state index in [1.165, 1.54) is 5.56 Å². The molecular weight excluding hydrogens is 226 g/mol. The van der Waals surface area contributed by atoms with Gasteiger partial charge in [-0.2, -0.15) is 0 Å². The highest BCUT2D eigenvalue weighted by molar-refractivity contribution is 5.70. The number of benzene rings is 1. The quantitative estimate of drug-likeness (QED) is 0.571. The van der Waals surface area contributed by atoms with Crippen molar-refractivity contribution in [1.82, 2.24) is 0 Å². The number of carbonyl (C=O) groups is 1. The summed E-state index contributed by atoms with van der Waals surface area (Å²) in [6.07, 6.45) is 1.82. The summed E-state index contributed by atoms with van der Waals surface area (Å²) in [6, 6.07) is 8.21. The SMILES string of the molecule is C=Cc1ccc(C[N+](C)(C)CC(=O)OCC)cc1. The molecule has 0 aliphatic rings. The monoisotopic (exact) mass is 248 g/mol. The van der Waals surface area contributed by atoms with Gasteiger partial charge in [0.25, 0.3) is 0 Å². The van der Waals surface area contributed by atoms with E-state index in [9.17, 15) is 4.79 Å². The largest absolute Gasteiger partial charge is 0.462 e. The van der Waals surface area contributed by atoms with Crippen LogP contribution >= 0.6 is 0 Å². The molecular formula is C15H22NO2+. The van der Waals surface area contributed by atoms with Crippen LogP contribution in [0.1, 0.15) is 18.1 Å². The average Bonchev–Trinajstić information content (AvgIpc) is 2.29. The van der Waals surface area contributed by atoms with Gasteiger partial charge in [-0.05, 0) is 12.5 Å². The van der Waals surface area contributed by atoms with Crippen LogP contribution in [0.4, 0.5) is 0 Å². The predicted octanol–water partition coefficient (Wildman–Crippen LogP) is 2.47. The van der Waals surface area contributed by atoms with Gasteiger partial charge in [-0.1, -0.05) is 36.9 Å². The smallest absolute Gasteiger partial charge is 0.361 e. The van der Waals surface area contributed by atoms with Crippen molar-refractivity contribution in [3.63, 3.8) is 0 Å². The second kappa shape index (κ2) is 6.36. The molecule has 0 saturated carbocycles. The van der Waals surface area contributed by atoms with Crippen LogP contribution in [0, 0.1) is 0 Å². The van der Waals surface area contributed by atoms with Crippen LogP contribution in [0.2, 0.25) is 0 Å². The normalized spacial score (nSPS) is 11.1. The molecule has 0 aromatic heterocycles. The van der Waals surface area contributed by atoms with Gasteiger partial charge < -0.3 is 9.22 Å². The summed E-state index contributed by atoms with van der Waals surface area (Å²) < 4.78 is 5.57. The summed E-state index contributed by atoms with van der Waals surface area (Å²) >= 11 is 0. The van der Waals surface area contributed by atoms with Crippen molar-refractivity contribution in [1.29, 1.82) is 0 Å². The number of nitrogens with zero attached hydrogens (tertiary/aromatic N) is 1. The lowest BCUT2D eigenvalue weighted by Gasteiger charge is -2.28. The highest BCUT2D eigenvalue weighted by Gasteiger charge is 2.21. The van der Waals surface area contributed by atoms with Gasteiger partial charge in [0.05, 0.1) is 20.7 Å². The number of quaternary nitrogens is 1. The molecule has 0 unspecified atom stereocenters. The summed E-state index contributed by atoms with van der Waals surface area (Å²) in [6.45, 7) is 7.18. The van der Waals surface area contributed by atoms with Crippen LogP contribution in [0.15, 0.2) is 30.8 Å². The van der Waals surface area contributed by atoms with Crippen molar-refractivity contribution in [3.05, 3.63) is 42.0 Å². The molecule has 0 bridgehead atoms. The molecule has 0 amide bonds. The van der Waals surface area contributed by atoms with Gasteiger partial charge in [0.15, 0.2) is 6.54 Å². The highest BCUT2D eigenvalue weighted by Crippen LogP contribution is 2.11. The van der Waals surface area contributed by atoms with Crippen LogP contribution in [0.3, 0.4) is 0 Å². The summed E-state index contributed by atoms with van der Waals surface area (Å²) in [5, 5.41) is 0. The molecule has 1 aromatic carbocycles. The lowest BCUT2D eigenvalue weighted by molar-refractivity contribution is -0.896. The lowest BCUT2D eigenvalue weighted by atomic mass is 10.1. The molecule has 0 aliphatic carbocycles. The molecule has 0 spiro atoms. The minimum absolute atomic E-state index is 0.148. The summed E-state index contributed by atoms with van der Waals surface area (Å²) in [7, 11) is 4.05. The van der Waals surface area contributed by atoms with Crippen molar-refractivity contribution in [2.24, 2.45) is 0 Å². The Balaban J connectivity index is 2.63. The average molecular weight is 248 g/mol. The number of ether oxygens (including phenoxy) is 1. The third-order valence-corrected chi connectivity index (χ3v) is 2.69. The van der Waals surface area contributed by atoms with Crippen molar-refractivity contribution in [2.45, 2.75) is 13.5 Å². The molecule has 0 saturated heterocycles. The minimum atomic E-state index is -0.148. The molecule has 0 aliphatic heterocycles. The summed E-state index contributed by atoms with van der Waals surface area (Å²) in [4.78, 5) is 11.5. The van der Waals surface area contributed by atoms with Crippen molar-refractivity contribution in [3.8, 4) is 0 Å². The zero-order chi connectivity index (χ0) is 13.6. The Morgan fingerprint density at radius 2 is 1.94 bits per heavy atom. The maximum atomic E-state index is 11.5. The Kier molecular flexibility index (Phi) is 5.10. The number of rotatable bonds is 6. The van der Waals surface area contributed by atoms with E-state index in [2.05, 4.69) is 18.7 Å². The van der Waals surface area contributed by atoms with Gasteiger partial charge in [0.2, 0.25) is 0 Å². The predicted molar refractivity (Wildman–Crippen MR) is 73.8 cm³/mol. The van der Waals surface area contributed by atoms with Gasteiger partial charge >= 0.3 is 5.97 Å². The van der Waals surface area contributed by atoms with E-state index in [0.29, 0.717) is 17.6 Å². The maximum Gasteiger partial charge on any atom is 0.361 e. The molecule has 98 valence electrons. The fourth-order valence-electron chi connectivity index (χ4n) is 1.87. The number of hydrogen-bond acceptors (Lipinski definition) is 2. The maximum absolute atomic E-state index is 11.5. The zero-order valence-corrected chi connectivity index (χ0v) is 11.5. The van der Waals surface area contributed by atoms with E-state index in [-0.39, 0.29) is 5.97 Å². The van der Waals surface area contributed by atoms with E-state index in [0.717, 1.165) is 12.1 Å². The molecule has 1 aromatic rings. The van der Waals surface area contributed by atoms with E-state index in [1.807, 2.05) is 39.2 Å². The van der Waals surface area contributed by atoms with Crippen LogP contribution in [-0.2, 0) is 16.1 Å². The van der Waals surface area contributed by atoms with Crippen LogP contribution in [0.25, 0.3) is 6.08 Å². The number of esters is 1. The minimum Gasteiger partial charge on any atom is -0.462 e.